The van der Waals surface area contributed by atoms with Crippen molar-refractivity contribution < 1.29 is 9.84 Å². The number of aliphatic hydroxyl groups excluding tert-OH is 1. The summed E-state index contributed by atoms with van der Waals surface area (Å²) < 4.78 is 5.48. The summed E-state index contributed by atoms with van der Waals surface area (Å²) in [5.41, 5.74) is 0. The Morgan fingerprint density at radius 3 is 3.00 bits per heavy atom. The summed E-state index contributed by atoms with van der Waals surface area (Å²) in [5, 5.41) is 13.7. The molecule has 0 amide bonds. The Bertz CT molecular complexity index is 382. The molecule has 106 valence electrons. The molecule has 1 fully saturated rings. The molecule has 19 heavy (non-hydrogen) atoms. The van der Waals surface area contributed by atoms with Gasteiger partial charge in [-0.1, -0.05) is 30.5 Å². The third-order valence-electron chi connectivity index (χ3n) is 3.28. The molecule has 1 aliphatic carbocycles. The average molecular weight is 284 g/mol. The van der Waals surface area contributed by atoms with Gasteiger partial charge in [0.05, 0.1) is 0 Å². The fourth-order valence-electron chi connectivity index (χ4n) is 2.00. The molecule has 1 saturated carbocycles. The highest BCUT2D eigenvalue weighted by Gasteiger charge is 2.19. The molecule has 0 radical (unpaired) electrons. The van der Waals surface area contributed by atoms with Gasteiger partial charge in [-0.3, -0.25) is 0 Å². The number of hydrogen-bond donors (Lipinski definition) is 2. The maximum atomic E-state index is 9.78. The minimum absolute atomic E-state index is 0.288. The zero-order valence-corrected chi connectivity index (χ0v) is 11.9. The van der Waals surface area contributed by atoms with Gasteiger partial charge in [0.15, 0.2) is 0 Å². The molecule has 2 N–H and O–H groups in total. The lowest BCUT2D eigenvalue weighted by molar-refractivity contribution is 0.106. The second-order valence-corrected chi connectivity index (χ2v) is 5.65. The molecular formula is C15H22ClNO2. The topological polar surface area (TPSA) is 41.5 Å². The van der Waals surface area contributed by atoms with Gasteiger partial charge in [0.1, 0.15) is 18.5 Å². The van der Waals surface area contributed by atoms with E-state index in [1.807, 2.05) is 12.1 Å². The van der Waals surface area contributed by atoms with Crippen molar-refractivity contribution in [1.82, 2.24) is 5.32 Å². The smallest absolute Gasteiger partial charge is 0.120 e. The largest absolute Gasteiger partial charge is 0.491 e. The molecule has 0 aliphatic heterocycles. The van der Waals surface area contributed by atoms with Gasteiger partial charge in [-0.15, -0.1) is 0 Å². The molecule has 0 heterocycles. The van der Waals surface area contributed by atoms with Crippen molar-refractivity contribution in [1.29, 1.82) is 0 Å². The number of hydrogen-bond acceptors (Lipinski definition) is 3. The standard InChI is InChI=1S/C15H22ClNO2/c16-13-4-1-5-15(9-13)19-11-14(18)10-17-8-2-3-12-6-7-12/h1,4-5,9,12,14,17-18H,2-3,6-8,10-11H2. The number of aliphatic hydroxyl groups is 1. The molecule has 3 nitrogen and oxygen atoms in total. The van der Waals surface area contributed by atoms with Crippen LogP contribution in [-0.4, -0.2) is 30.9 Å². The first-order valence-corrected chi connectivity index (χ1v) is 7.39. The van der Waals surface area contributed by atoms with E-state index in [9.17, 15) is 5.11 Å². The van der Waals surface area contributed by atoms with E-state index in [4.69, 9.17) is 16.3 Å². The van der Waals surface area contributed by atoms with Crippen LogP contribution in [0.3, 0.4) is 0 Å². The highest BCUT2D eigenvalue weighted by atomic mass is 35.5. The summed E-state index contributed by atoms with van der Waals surface area (Å²) in [6.07, 6.45) is 4.86. The fourth-order valence-corrected chi connectivity index (χ4v) is 2.18. The highest BCUT2D eigenvalue weighted by molar-refractivity contribution is 6.30. The Kier molecular flexibility index (Phi) is 5.95. The van der Waals surface area contributed by atoms with Crippen LogP contribution in [0.15, 0.2) is 24.3 Å². The average Bonchev–Trinajstić information content (AvgIpc) is 3.20. The molecule has 1 aliphatic rings. The summed E-state index contributed by atoms with van der Waals surface area (Å²) in [6, 6.07) is 7.21. The first-order chi connectivity index (χ1) is 9.24. The molecule has 1 aromatic rings. The van der Waals surface area contributed by atoms with E-state index in [-0.39, 0.29) is 6.61 Å². The van der Waals surface area contributed by atoms with Crippen molar-refractivity contribution in [3.05, 3.63) is 29.3 Å². The Hall–Kier alpha value is -0.770. The van der Waals surface area contributed by atoms with Crippen LogP contribution in [0.4, 0.5) is 0 Å². The van der Waals surface area contributed by atoms with E-state index in [0.717, 1.165) is 12.5 Å². The molecule has 0 bridgehead atoms. The van der Waals surface area contributed by atoms with Gasteiger partial charge in [-0.05, 0) is 43.5 Å². The van der Waals surface area contributed by atoms with Gasteiger partial charge in [-0.2, -0.15) is 0 Å². The predicted octanol–water partition coefficient (Wildman–Crippen LogP) is 2.86. The van der Waals surface area contributed by atoms with Crippen molar-refractivity contribution in [3.8, 4) is 5.75 Å². The molecule has 4 heteroatoms. The third kappa shape index (κ3) is 6.28. The van der Waals surface area contributed by atoms with Crippen molar-refractivity contribution in [2.24, 2.45) is 5.92 Å². The molecule has 0 spiro atoms. The van der Waals surface area contributed by atoms with Crippen molar-refractivity contribution in [3.63, 3.8) is 0 Å². The van der Waals surface area contributed by atoms with Gasteiger partial charge in [-0.25, -0.2) is 0 Å². The monoisotopic (exact) mass is 283 g/mol. The Labute approximate surface area is 119 Å². The number of nitrogens with one attached hydrogen (secondary N) is 1. The minimum atomic E-state index is -0.486. The van der Waals surface area contributed by atoms with Gasteiger partial charge in [0, 0.05) is 11.6 Å². The lowest BCUT2D eigenvalue weighted by atomic mass is 10.2. The summed E-state index contributed by atoms with van der Waals surface area (Å²) in [4.78, 5) is 0. The maximum Gasteiger partial charge on any atom is 0.120 e. The van der Waals surface area contributed by atoms with Crippen LogP contribution in [0, 0.1) is 5.92 Å². The quantitative estimate of drug-likeness (QED) is 0.685. The second kappa shape index (κ2) is 7.73. The number of ether oxygens (including phenoxy) is 1. The van der Waals surface area contributed by atoms with Crippen LogP contribution in [0.1, 0.15) is 25.7 Å². The fraction of sp³-hybridized carbons (Fsp3) is 0.600. The molecule has 2 rings (SSSR count). The predicted molar refractivity (Wildman–Crippen MR) is 77.8 cm³/mol. The van der Waals surface area contributed by atoms with Gasteiger partial charge < -0.3 is 15.2 Å². The number of halogens is 1. The lowest BCUT2D eigenvalue weighted by Gasteiger charge is -2.13. The van der Waals surface area contributed by atoms with E-state index in [0.29, 0.717) is 17.3 Å². The Morgan fingerprint density at radius 1 is 1.42 bits per heavy atom. The van der Waals surface area contributed by atoms with Gasteiger partial charge in [0.25, 0.3) is 0 Å². The van der Waals surface area contributed by atoms with Crippen molar-refractivity contribution >= 4 is 11.6 Å². The Morgan fingerprint density at radius 2 is 2.26 bits per heavy atom. The summed E-state index contributed by atoms with van der Waals surface area (Å²) in [7, 11) is 0. The third-order valence-corrected chi connectivity index (χ3v) is 3.52. The Balaban J connectivity index is 1.52. The van der Waals surface area contributed by atoms with Crippen LogP contribution >= 0.6 is 11.6 Å². The molecule has 0 saturated heterocycles. The van der Waals surface area contributed by atoms with Crippen LogP contribution in [0.25, 0.3) is 0 Å². The van der Waals surface area contributed by atoms with E-state index < -0.39 is 6.10 Å². The first kappa shape index (κ1) is 14.6. The normalized spacial score (nSPS) is 16.3. The summed E-state index contributed by atoms with van der Waals surface area (Å²) >= 11 is 5.85. The first-order valence-electron chi connectivity index (χ1n) is 7.01. The summed E-state index contributed by atoms with van der Waals surface area (Å²) in [6.45, 7) is 1.84. The van der Waals surface area contributed by atoms with Crippen LogP contribution < -0.4 is 10.1 Å². The SMILES string of the molecule is OC(CNCCCC1CC1)COc1cccc(Cl)c1. The number of benzene rings is 1. The molecule has 1 unspecified atom stereocenters. The summed E-state index contributed by atoms with van der Waals surface area (Å²) in [5.74, 6) is 1.68. The minimum Gasteiger partial charge on any atom is -0.491 e. The van der Waals surface area contributed by atoms with E-state index in [1.165, 1.54) is 25.7 Å². The zero-order valence-electron chi connectivity index (χ0n) is 11.1. The lowest BCUT2D eigenvalue weighted by Crippen LogP contribution is -2.32. The molecular weight excluding hydrogens is 262 g/mol. The van der Waals surface area contributed by atoms with Gasteiger partial charge in [0.2, 0.25) is 0 Å². The van der Waals surface area contributed by atoms with Crippen LogP contribution in [0.2, 0.25) is 5.02 Å². The maximum absolute atomic E-state index is 9.78. The van der Waals surface area contributed by atoms with E-state index in [2.05, 4.69) is 5.32 Å². The number of rotatable bonds is 9. The second-order valence-electron chi connectivity index (χ2n) is 5.21. The van der Waals surface area contributed by atoms with Crippen molar-refractivity contribution in [2.45, 2.75) is 31.8 Å². The van der Waals surface area contributed by atoms with Crippen LogP contribution in [0.5, 0.6) is 5.75 Å². The van der Waals surface area contributed by atoms with Gasteiger partial charge >= 0.3 is 0 Å². The zero-order chi connectivity index (χ0) is 13.5. The van der Waals surface area contributed by atoms with Crippen molar-refractivity contribution in [2.75, 3.05) is 19.7 Å². The molecule has 1 aromatic carbocycles. The highest BCUT2D eigenvalue weighted by Crippen LogP contribution is 2.33. The molecule has 1 atom stereocenters. The van der Waals surface area contributed by atoms with E-state index in [1.54, 1.807) is 12.1 Å². The molecule has 0 aromatic heterocycles. The van der Waals surface area contributed by atoms with E-state index >= 15 is 0 Å². The van der Waals surface area contributed by atoms with Crippen LogP contribution in [-0.2, 0) is 0 Å².